The molecule has 18 heavy (non-hydrogen) atoms. The van der Waals surface area contributed by atoms with Gasteiger partial charge in [-0.1, -0.05) is 18.5 Å². The molecule has 0 aliphatic carbocycles. The van der Waals surface area contributed by atoms with Crippen LogP contribution in [0.25, 0.3) is 0 Å². The van der Waals surface area contributed by atoms with E-state index in [4.69, 9.17) is 16.3 Å². The molecule has 0 spiro atoms. The minimum Gasteiger partial charge on any atom is -0.484 e. The molecule has 0 bridgehead atoms. The zero-order valence-electron chi connectivity index (χ0n) is 10.9. The highest BCUT2D eigenvalue weighted by molar-refractivity contribution is 6.31. The van der Waals surface area contributed by atoms with Gasteiger partial charge in [-0.3, -0.25) is 9.36 Å². The lowest BCUT2D eigenvalue weighted by molar-refractivity contribution is 0.294. The van der Waals surface area contributed by atoms with Crippen molar-refractivity contribution in [3.05, 3.63) is 28.8 Å². The maximum Gasteiger partial charge on any atom is 0.157 e. The standard InChI is InChI=1S/C12H17ClN4O/c1-4-5-17-7-10(6-14-17)18-8-11-12(13)9(2)15-16(11)3/h6-7H,4-5,8H2,1-3H3. The van der Waals surface area contributed by atoms with E-state index in [1.165, 1.54) is 0 Å². The minimum atomic E-state index is 0.397. The van der Waals surface area contributed by atoms with E-state index in [1.54, 1.807) is 10.9 Å². The van der Waals surface area contributed by atoms with Gasteiger partial charge < -0.3 is 4.74 Å². The Labute approximate surface area is 111 Å². The van der Waals surface area contributed by atoms with E-state index < -0.39 is 0 Å². The molecular formula is C12H17ClN4O. The average molecular weight is 269 g/mol. The Kier molecular flexibility index (Phi) is 3.91. The molecule has 0 aliphatic heterocycles. The summed E-state index contributed by atoms with van der Waals surface area (Å²) in [6.45, 7) is 5.29. The largest absolute Gasteiger partial charge is 0.484 e. The summed E-state index contributed by atoms with van der Waals surface area (Å²) in [4.78, 5) is 0. The highest BCUT2D eigenvalue weighted by Gasteiger charge is 2.11. The van der Waals surface area contributed by atoms with Gasteiger partial charge in [-0.25, -0.2) is 0 Å². The molecular weight excluding hydrogens is 252 g/mol. The first kappa shape index (κ1) is 13.0. The number of halogens is 1. The monoisotopic (exact) mass is 268 g/mol. The molecule has 0 fully saturated rings. The summed E-state index contributed by atoms with van der Waals surface area (Å²) in [6.07, 6.45) is 4.65. The van der Waals surface area contributed by atoms with Crippen molar-refractivity contribution in [2.75, 3.05) is 0 Å². The van der Waals surface area contributed by atoms with Crippen molar-refractivity contribution in [2.24, 2.45) is 7.05 Å². The molecule has 2 aromatic heterocycles. The van der Waals surface area contributed by atoms with Gasteiger partial charge in [-0.2, -0.15) is 10.2 Å². The molecule has 0 saturated carbocycles. The Morgan fingerprint density at radius 3 is 2.83 bits per heavy atom. The predicted octanol–water partition coefficient (Wildman–Crippen LogP) is 2.57. The van der Waals surface area contributed by atoms with Crippen LogP contribution >= 0.6 is 11.6 Å². The fourth-order valence-corrected chi connectivity index (χ4v) is 1.97. The lowest BCUT2D eigenvalue weighted by atomic mass is 10.4. The van der Waals surface area contributed by atoms with Gasteiger partial charge >= 0.3 is 0 Å². The Balaban J connectivity index is 2.02. The molecule has 2 rings (SSSR count). The van der Waals surface area contributed by atoms with Crippen molar-refractivity contribution >= 4 is 11.6 Å². The number of ether oxygens (including phenoxy) is 1. The number of aryl methyl sites for hydroxylation is 3. The predicted molar refractivity (Wildman–Crippen MR) is 69.8 cm³/mol. The molecule has 0 saturated heterocycles. The van der Waals surface area contributed by atoms with Crippen molar-refractivity contribution in [3.63, 3.8) is 0 Å². The number of nitrogens with zero attached hydrogens (tertiary/aromatic N) is 4. The second kappa shape index (κ2) is 5.44. The van der Waals surface area contributed by atoms with Gasteiger partial charge in [-0.05, 0) is 13.3 Å². The molecule has 0 aromatic carbocycles. The Bertz CT molecular complexity index is 532. The Hall–Kier alpha value is -1.49. The first-order valence-electron chi connectivity index (χ1n) is 5.95. The summed E-state index contributed by atoms with van der Waals surface area (Å²) >= 11 is 6.15. The zero-order chi connectivity index (χ0) is 13.1. The summed E-state index contributed by atoms with van der Waals surface area (Å²) in [6, 6.07) is 0. The fraction of sp³-hybridized carbons (Fsp3) is 0.500. The molecule has 0 N–H and O–H groups in total. The third kappa shape index (κ3) is 2.67. The van der Waals surface area contributed by atoms with Crippen LogP contribution in [-0.4, -0.2) is 19.6 Å². The Morgan fingerprint density at radius 1 is 1.44 bits per heavy atom. The van der Waals surface area contributed by atoms with Crippen LogP contribution in [-0.2, 0) is 20.2 Å². The second-order valence-electron chi connectivity index (χ2n) is 4.20. The van der Waals surface area contributed by atoms with Crippen molar-refractivity contribution in [2.45, 2.75) is 33.4 Å². The number of rotatable bonds is 5. The summed E-state index contributed by atoms with van der Waals surface area (Å²) < 4.78 is 9.28. The van der Waals surface area contributed by atoms with E-state index in [1.807, 2.05) is 24.9 Å². The van der Waals surface area contributed by atoms with E-state index >= 15 is 0 Å². The van der Waals surface area contributed by atoms with Crippen molar-refractivity contribution < 1.29 is 4.74 Å². The van der Waals surface area contributed by atoms with Crippen molar-refractivity contribution in [1.29, 1.82) is 0 Å². The van der Waals surface area contributed by atoms with Crippen LogP contribution in [0.3, 0.4) is 0 Å². The molecule has 2 aromatic rings. The average Bonchev–Trinajstić information content (AvgIpc) is 2.85. The number of aromatic nitrogens is 4. The summed E-state index contributed by atoms with van der Waals surface area (Å²) in [5.41, 5.74) is 1.69. The molecule has 0 radical (unpaired) electrons. The topological polar surface area (TPSA) is 44.9 Å². The Morgan fingerprint density at radius 2 is 2.22 bits per heavy atom. The van der Waals surface area contributed by atoms with Gasteiger partial charge in [-0.15, -0.1) is 0 Å². The van der Waals surface area contributed by atoms with E-state index in [0.29, 0.717) is 11.6 Å². The molecule has 2 heterocycles. The molecule has 98 valence electrons. The zero-order valence-corrected chi connectivity index (χ0v) is 11.6. The molecule has 0 amide bonds. The van der Waals surface area contributed by atoms with Gasteiger partial charge in [0.2, 0.25) is 0 Å². The van der Waals surface area contributed by atoms with E-state index in [9.17, 15) is 0 Å². The quantitative estimate of drug-likeness (QED) is 0.837. The highest BCUT2D eigenvalue weighted by atomic mass is 35.5. The second-order valence-corrected chi connectivity index (χ2v) is 4.58. The van der Waals surface area contributed by atoms with Gasteiger partial charge in [0, 0.05) is 13.6 Å². The van der Waals surface area contributed by atoms with Crippen molar-refractivity contribution in [3.8, 4) is 5.75 Å². The maximum atomic E-state index is 6.15. The summed E-state index contributed by atoms with van der Waals surface area (Å²) in [5, 5.41) is 9.11. The smallest absolute Gasteiger partial charge is 0.157 e. The van der Waals surface area contributed by atoms with Crippen LogP contribution in [0.2, 0.25) is 5.02 Å². The van der Waals surface area contributed by atoms with Crippen LogP contribution in [0.4, 0.5) is 0 Å². The molecule has 0 aliphatic rings. The SMILES string of the molecule is CCCn1cc(OCc2c(Cl)c(C)nn2C)cn1. The molecule has 5 nitrogen and oxygen atoms in total. The van der Waals surface area contributed by atoms with Crippen LogP contribution in [0, 0.1) is 6.92 Å². The number of hydrogen-bond donors (Lipinski definition) is 0. The van der Waals surface area contributed by atoms with Gasteiger partial charge in [0.25, 0.3) is 0 Å². The minimum absolute atomic E-state index is 0.397. The van der Waals surface area contributed by atoms with E-state index in [0.717, 1.165) is 30.1 Å². The lowest BCUT2D eigenvalue weighted by Gasteiger charge is -2.04. The maximum absolute atomic E-state index is 6.15. The third-order valence-corrected chi connectivity index (χ3v) is 3.19. The summed E-state index contributed by atoms with van der Waals surface area (Å²) in [7, 11) is 1.86. The first-order valence-corrected chi connectivity index (χ1v) is 6.32. The highest BCUT2D eigenvalue weighted by Crippen LogP contribution is 2.21. The first-order chi connectivity index (χ1) is 8.61. The molecule has 0 atom stereocenters. The number of hydrogen-bond acceptors (Lipinski definition) is 3. The van der Waals surface area contributed by atoms with Crippen LogP contribution in [0.1, 0.15) is 24.7 Å². The van der Waals surface area contributed by atoms with Crippen LogP contribution in [0.15, 0.2) is 12.4 Å². The third-order valence-electron chi connectivity index (χ3n) is 2.70. The van der Waals surface area contributed by atoms with E-state index in [2.05, 4.69) is 17.1 Å². The van der Waals surface area contributed by atoms with Gasteiger partial charge in [0.05, 0.1) is 28.8 Å². The van der Waals surface area contributed by atoms with Crippen LogP contribution < -0.4 is 4.74 Å². The van der Waals surface area contributed by atoms with Gasteiger partial charge in [0.1, 0.15) is 6.61 Å². The lowest BCUT2D eigenvalue weighted by Crippen LogP contribution is -2.03. The van der Waals surface area contributed by atoms with Gasteiger partial charge in [0.15, 0.2) is 5.75 Å². The fourth-order valence-electron chi connectivity index (χ4n) is 1.76. The summed E-state index contributed by atoms with van der Waals surface area (Å²) in [5.74, 6) is 0.748. The van der Waals surface area contributed by atoms with E-state index in [-0.39, 0.29) is 0 Å². The molecule has 6 heteroatoms. The van der Waals surface area contributed by atoms with Crippen molar-refractivity contribution in [1.82, 2.24) is 19.6 Å². The van der Waals surface area contributed by atoms with Crippen LogP contribution in [0.5, 0.6) is 5.75 Å². The normalized spacial score (nSPS) is 10.9. The molecule has 0 unspecified atom stereocenters.